The molecule has 0 aliphatic rings. The molecule has 20 heavy (non-hydrogen) atoms. The first-order valence-corrected chi connectivity index (χ1v) is 7.71. The van der Waals surface area contributed by atoms with Crippen LogP contribution < -0.4 is 10.5 Å². The van der Waals surface area contributed by atoms with Gasteiger partial charge in [-0.05, 0) is 54.3 Å². The lowest BCUT2D eigenvalue weighted by Gasteiger charge is -2.12. The number of benzene rings is 2. The standard InChI is InChI=1S/C17H20BrNO/c1-2-13-3-5-14(6-4-13)12-20-17-8-7-16(18)11-15(17)9-10-19/h3-8,11H,2,9-10,12,19H2,1H3. The number of rotatable bonds is 6. The summed E-state index contributed by atoms with van der Waals surface area (Å²) in [7, 11) is 0. The highest BCUT2D eigenvalue weighted by atomic mass is 79.9. The van der Waals surface area contributed by atoms with E-state index in [1.807, 2.05) is 12.1 Å². The first-order chi connectivity index (χ1) is 9.72. The van der Waals surface area contributed by atoms with Crippen molar-refractivity contribution in [2.75, 3.05) is 6.54 Å². The second kappa shape index (κ2) is 7.46. The summed E-state index contributed by atoms with van der Waals surface area (Å²) >= 11 is 3.48. The molecule has 2 N–H and O–H groups in total. The molecular weight excluding hydrogens is 314 g/mol. The first kappa shape index (κ1) is 15.1. The van der Waals surface area contributed by atoms with Gasteiger partial charge >= 0.3 is 0 Å². The fraction of sp³-hybridized carbons (Fsp3) is 0.294. The van der Waals surface area contributed by atoms with E-state index in [4.69, 9.17) is 10.5 Å². The van der Waals surface area contributed by atoms with Crippen molar-refractivity contribution < 1.29 is 4.74 Å². The Kier molecular flexibility index (Phi) is 5.62. The van der Waals surface area contributed by atoms with E-state index >= 15 is 0 Å². The molecule has 0 saturated carbocycles. The van der Waals surface area contributed by atoms with Gasteiger partial charge in [0.25, 0.3) is 0 Å². The molecule has 2 nitrogen and oxygen atoms in total. The molecule has 0 aromatic heterocycles. The zero-order valence-electron chi connectivity index (χ0n) is 11.7. The summed E-state index contributed by atoms with van der Waals surface area (Å²) in [4.78, 5) is 0. The molecule has 0 fully saturated rings. The van der Waals surface area contributed by atoms with Gasteiger partial charge in [0, 0.05) is 4.47 Å². The topological polar surface area (TPSA) is 35.2 Å². The van der Waals surface area contributed by atoms with Gasteiger partial charge in [-0.1, -0.05) is 47.1 Å². The van der Waals surface area contributed by atoms with Gasteiger partial charge in [-0.15, -0.1) is 0 Å². The predicted molar refractivity (Wildman–Crippen MR) is 87.1 cm³/mol. The van der Waals surface area contributed by atoms with Crippen LogP contribution in [-0.4, -0.2) is 6.54 Å². The average Bonchev–Trinajstić information content (AvgIpc) is 2.47. The highest BCUT2D eigenvalue weighted by Crippen LogP contribution is 2.24. The van der Waals surface area contributed by atoms with Crippen LogP contribution in [-0.2, 0) is 19.4 Å². The molecule has 0 aliphatic heterocycles. The third kappa shape index (κ3) is 4.09. The summed E-state index contributed by atoms with van der Waals surface area (Å²) < 4.78 is 6.98. The van der Waals surface area contributed by atoms with Crippen LogP contribution in [0.2, 0.25) is 0 Å². The molecule has 2 rings (SSSR count). The monoisotopic (exact) mass is 333 g/mol. The molecule has 0 heterocycles. The molecule has 0 saturated heterocycles. The number of halogens is 1. The third-order valence-corrected chi connectivity index (χ3v) is 3.76. The molecule has 106 valence electrons. The van der Waals surface area contributed by atoms with E-state index in [1.54, 1.807) is 0 Å². The molecule has 3 heteroatoms. The smallest absolute Gasteiger partial charge is 0.123 e. The van der Waals surface area contributed by atoms with Gasteiger partial charge in [0.1, 0.15) is 12.4 Å². The SMILES string of the molecule is CCc1ccc(COc2ccc(Br)cc2CCN)cc1. The van der Waals surface area contributed by atoms with Crippen molar-refractivity contribution in [1.29, 1.82) is 0 Å². The zero-order chi connectivity index (χ0) is 14.4. The highest BCUT2D eigenvalue weighted by Gasteiger charge is 2.04. The molecule has 2 aromatic carbocycles. The first-order valence-electron chi connectivity index (χ1n) is 6.92. The maximum Gasteiger partial charge on any atom is 0.123 e. The van der Waals surface area contributed by atoms with Gasteiger partial charge in [-0.25, -0.2) is 0 Å². The number of aryl methyl sites for hydroxylation is 1. The molecule has 0 spiro atoms. The number of hydrogen-bond acceptors (Lipinski definition) is 2. The minimum atomic E-state index is 0.587. The largest absolute Gasteiger partial charge is 0.489 e. The quantitative estimate of drug-likeness (QED) is 0.863. The van der Waals surface area contributed by atoms with E-state index in [-0.39, 0.29) is 0 Å². The fourth-order valence-electron chi connectivity index (χ4n) is 2.07. The van der Waals surface area contributed by atoms with Crippen LogP contribution in [0.5, 0.6) is 5.75 Å². The Hall–Kier alpha value is -1.32. The van der Waals surface area contributed by atoms with E-state index in [0.29, 0.717) is 13.2 Å². The lowest BCUT2D eigenvalue weighted by molar-refractivity contribution is 0.303. The summed E-state index contributed by atoms with van der Waals surface area (Å²) in [6.45, 7) is 3.37. The molecule has 0 aliphatic carbocycles. The zero-order valence-corrected chi connectivity index (χ0v) is 13.3. The molecule has 0 unspecified atom stereocenters. The van der Waals surface area contributed by atoms with Crippen LogP contribution in [0.15, 0.2) is 46.9 Å². The maximum absolute atomic E-state index is 5.93. The Bertz CT molecular complexity index is 551. The van der Waals surface area contributed by atoms with Crippen LogP contribution >= 0.6 is 15.9 Å². The molecule has 0 atom stereocenters. The van der Waals surface area contributed by atoms with Crippen LogP contribution in [0.4, 0.5) is 0 Å². The Morgan fingerprint density at radius 2 is 1.75 bits per heavy atom. The van der Waals surface area contributed by atoms with Gasteiger partial charge in [0.05, 0.1) is 0 Å². The molecule has 0 radical (unpaired) electrons. The fourth-order valence-corrected chi connectivity index (χ4v) is 2.48. The minimum absolute atomic E-state index is 0.587. The Morgan fingerprint density at radius 1 is 1.05 bits per heavy atom. The van der Waals surface area contributed by atoms with Gasteiger partial charge in [0.15, 0.2) is 0 Å². The van der Waals surface area contributed by atoms with Crippen molar-refractivity contribution >= 4 is 15.9 Å². The number of nitrogens with two attached hydrogens (primary N) is 1. The lowest BCUT2D eigenvalue weighted by atomic mass is 10.1. The summed E-state index contributed by atoms with van der Waals surface area (Å²) in [6.07, 6.45) is 1.89. The molecule has 0 bridgehead atoms. The van der Waals surface area contributed by atoms with Gasteiger partial charge in [-0.2, -0.15) is 0 Å². The van der Waals surface area contributed by atoms with Crippen molar-refractivity contribution in [3.63, 3.8) is 0 Å². The van der Waals surface area contributed by atoms with Crippen molar-refractivity contribution in [2.45, 2.75) is 26.4 Å². The lowest BCUT2D eigenvalue weighted by Crippen LogP contribution is -2.05. The van der Waals surface area contributed by atoms with Crippen LogP contribution in [0.1, 0.15) is 23.6 Å². The van der Waals surface area contributed by atoms with E-state index < -0.39 is 0 Å². The Morgan fingerprint density at radius 3 is 2.40 bits per heavy atom. The van der Waals surface area contributed by atoms with Gasteiger partial charge in [0.2, 0.25) is 0 Å². The van der Waals surface area contributed by atoms with Gasteiger partial charge < -0.3 is 10.5 Å². The number of ether oxygens (including phenoxy) is 1. The van der Waals surface area contributed by atoms with E-state index in [9.17, 15) is 0 Å². The highest BCUT2D eigenvalue weighted by molar-refractivity contribution is 9.10. The Balaban J connectivity index is 2.05. The van der Waals surface area contributed by atoms with E-state index in [2.05, 4.69) is 53.2 Å². The van der Waals surface area contributed by atoms with Gasteiger partial charge in [-0.3, -0.25) is 0 Å². The molecular formula is C17H20BrNO. The van der Waals surface area contributed by atoms with Crippen LogP contribution in [0.3, 0.4) is 0 Å². The maximum atomic E-state index is 5.93. The Labute approximate surface area is 129 Å². The molecule has 2 aromatic rings. The van der Waals surface area contributed by atoms with Crippen molar-refractivity contribution in [2.24, 2.45) is 5.73 Å². The van der Waals surface area contributed by atoms with Crippen molar-refractivity contribution in [3.05, 3.63) is 63.6 Å². The van der Waals surface area contributed by atoms with Crippen molar-refractivity contribution in [1.82, 2.24) is 0 Å². The third-order valence-electron chi connectivity index (χ3n) is 3.26. The minimum Gasteiger partial charge on any atom is -0.489 e. The molecule has 0 amide bonds. The van der Waals surface area contributed by atoms with Crippen LogP contribution in [0.25, 0.3) is 0 Å². The number of hydrogen-bond donors (Lipinski definition) is 1. The van der Waals surface area contributed by atoms with E-state index in [1.165, 1.54) is 11.1 Å². The average molecular weight is 334 g/mol. The normalized spacial score (nSPS) is 10.6. The summed E-state index contributed by atoms with van der Waals surface area (Å²) in [5, 5.41) is 0. The second-order valence-electron chi connectivity index (χ2n) is 4.75. The predicted octanol–water partition coefficient (Wildman–Crippen LogP) is 4.09. The van der Waals surface area contributed by atoms with E-state index in [0.717, 1.165) is 28.6 Å². The summed E-state index contributed by atoms with van der Waals surface area (Å²) in [5.74, 6) is 0.915. The second-order valence-corrected chi connectivity index (χ2v) is 5.67. The van der Waals surface area contributed by atoms with Crippen LogP contribution in [0, 0.1) is 0 Å². The van der Waals surface area contributed by atoms with Crippen molar-refractivity contribution in [3.8, 4) is 5.75 Å². The summed E-state index contributed by atoms with van der Waals surface area (Å²) in [6, 6.07) is 14.6. The summed E-state index contributed by atoms with van der Waals surface area (Å²) in [5.41, 5.74) is 9.33.